The third-order valence-corrected chi connectivity index (χ3v) is 17.4. The molecule has 0 aliphatic carbocycles. The van der Waals surface area contributed by atoms with E-state index in [4.69, 9.17) is 30.4 Å². The number of nitrogens with zero attached hydrogens (tertiary/aromatic N) is 8. The van der Waals surface area contributed by atoms with Crippen LogP contribution in [-0.4, -0.2) is 105 Å². The van der Waals surface area contributed by atoms with Gasteiger partial charge in [0.05, 0.1) is 37.4 Å². The van der Waals surface area contributed by atoms with Crippen LogP contribution >= 0.6 is 68.0 Å². The van der Waals surface area contributed by atoms with Crippen molar-refractivity contribution in [2.75, 3.05) is 13.7 Å². The van der Waals surface area contributed by atoms with Crippen LogP contribution in [0, 0.1) is 12.8 Å². The Labute approximate surface area is 437 Å². The minimum absolute atomic E-state index is 0.00598. The summed E-state index contributed by atoms with van der Waals surface area (Å²) in [6.45, 7) is 3.31. The molecule has 7 N–H and O–H groups in total. The summed E-state index contributed by atoms with van der Waals surface area (Å²) in [7, 11) is 1.26. The fraction of sp³-hybridized carbons (Fsp3) is 0.239. The van der Waals surface area contributed by atoms with Crippen molar-refractivity contribution in [2.45, 2.75) is 50.6 Å². The lowest BCUT2D eigenvalue weighted by atomic mass is 10.0. The molecule has 7 aromatic heterocycles. The molecule has 73 heavy (non-hydrogen) atoms. The van der Waals surface area contributed by atoms with Crippen molar-refractivity contribution in [1.29, 1.82) is 0 Å². The number of fused-ring (bicyclic) bond motifs is 16. The number of amides is 6. The Morgan fingerprint density at radius 3 is 2.19 bits per heavy atom. The van der Waals surface area contributed by atoms with Crippen molar-refractivity contribution in [1.82, 2.24) is 55.7 Å². The molecule has 0 radical (unpaired) electrons. The number of ether oxygens (including phenoxy) is 1. The summed E-state index contributed by atoms with van der Waals surface area (Å²) < 4.78 is 4.86. The average Bonchev–Trinajstić information content (AvgIpc) is 4.25. The van der Waals surface area contributed by atoms with E-state index in [9.17, 15) is 39.0 Å². The van der Waals surface area contributed by atoms with Crippen LogP contribution in [0.25, 0.3) is 43.4 Å². The number of hydrogen-bond acceptors (Lipinski definition) is 22. The van der Waals surface area contributed by atoms with E-state index in [-0.39, 0.29) is 45.8 Å². The molecule has 2 aliphatic heterocycles. The number of nitrogens with two attached hydrogens (primary N) is 1. The summed E-state index contributed by atoms with van der Waals surface area (Å²) in [5.74, 6) is -4.13. The molecule has 8 aromatic rings. The first-order valence-corrected chi connectivity index (χ1v) is 27.1. The summed E-state index contributed by atoms with van der Waals surface area (Å²) in [6, 6.07) is 8.08. The Morgan fingerprint density at radius 1 is 0.740 bits per heavy atom. The molecule has 10 rings (SSSR count). The first kappa shape index (κ1) is 49.5. The lowest BCUT2D eigenvalue weighted by Crippen LogP contribution is -2.43. The molecule has 0 unspecified atom stereocenters. The van der Waals surface area contributed by atoms with Gasteiger partial charge in [-0.1, -0.05) is 37.3 Å². The number of thiazole rings is 6. The molecular weight excluding hydrogens is 1060 g/mol. The van der Waals surface area contributed by atoms with E-state index in [1.807, 2.05) is 0 Å². The highest BCUT2D eigenvalue weighted by Gasteiger charge is 2.44. The second-order valence-electron chi connectivity index (χ2n) is 16.6. The lowest BCUT2D eigenvalue weighted by molar-refractivity contribution is -0.118. The van der Waals surface area contributed by atoms with E-state index >= 15 is 0 Å². The van der Waals surface area contributed by atoms with Gasteiger partial charge in [-0.05, 0) is 24.6 Å². The predicted molar refractivity (Wildman–Crippen MR) is 272 cm³/mol. The fourth-order valence-corrected chi connectivity index (χ4v) is 13.4. The molecule has 10 bridgehead atoms. The van der Waals surface area contributed by atoms with Gasteiger partial charge in [-0.2, -0.15) is 0 Å². The zero-order valence-electron chi connectivity index (χ0n) is 38.2. The van der Waals surface area contributed by atoms with Crippen LogP contribution in [0.1, 0.15) is 105 Å². The number of imide groups is 1. The highest BCUT2D eigenvalue weighted by atomic mass is 32.1. The molecule has 1 saturated heterocycles. The lowest BCUT2D eigenvalue weighted by Gasteiger charge is -2.24. The topological polar surface area (TPSA) is 308 Å². The number of urea groups is 1. The molecular formula is C46H38N12O9S6. The number of aliphatic hydroxyl groups excluding tert-OH is 2. The van der Waals surface area contributed by atoms with Crippen LogP contribution in [-0.2, 0) is 9.53 Å². The zero-order chi connectivity index (χ0) is 51.2. The number of aromatic nitrogens is 7. The summed E-state index contributed by atoms with van der Waals surface area (Å²) >= 11 is 6.89. The molecule has 9 heterocycles. The molecule has 0 spiro atoms. The predicted octanol–water partition coefficient (Wildman–Crippen LogP) is 6.35. The Morgan fingerprint density at radius 2 is 1.41 bits per heavy atom. The summed E-state index contributed by atoms with van der Waals surface area (Å²) in [4.78, 5) is 116. The maximum absolute atomic E-state index is 14.2. The molecule has 1 aromatic carbocycles. The van der Waals surface area contributed by atoms with Gasteiger partial charge < -0.3 is 36.2 Å². The van der Waals surface area contributed by atoms with Gasteiger partial charge in [-0.25, -0.2) is 44.5 Å². The van der Waals surface area contributed by atoms with E-state index in [0.29, 0.717) is 58.8 Å². The van der Waals surface area contributed by atoms with E-state index < -0.39 is 71.9 Å². The normalized spacial score (nSPS) is 19.7. The van der Waals surface area contributed by atoms with E-state index in [0.717, 1.165) is 34.0 Å². The van der Waals surface area contributed by atoms with Gasteiger partial charge in [0.15, 0.2) is 5.69 Å². The maximum Gasteiger partial charge on any atom is 0.357 e. The number of carbonyl (C=O) groups is 6. The average molecular weight is 1100 g/mol. The van der Waals surface area contributed by atoms with Crippen LogP contribution in [0.5, 0.6) is 0 Å². The molecule has 6 amide bonds. The second kappa shape index (κ2) is 20.4. The number of benzene rings is 1. The van der Waals surface area contributed by atoms with E-state index in [1.54, 1.807) is 77.8 Å². The molecule has 27 heteroatoms. The van der Waals surface area contributed by atoms with Gasteiger partial charge in [0.25, 0.3) is 17.7 Å². The number of pyridine rings is 1. The van der Waals surface area contributed by atoms with Crippen LogP contribution in [0.3, 0.4) is 0 Å². The molecule has 0 saturated carbocycles. The smallest absolute Gasteiger partial charge is 0.357 e. The maximum atomic E-state index is 14.2. The van der Waals surface area contributed by atoms with Crippen LogP contribution < -0.4 is 21.7 Å². The van der Waals surface area contributed by atoms with Crippen molar-refractivity contribution < 1.29 is 43.7 Å². The molecule has 21 nitrogen and oxygen atoms in total. The standard InChI is InChI=1S/C46H38N12O9S6/c1-18-29(59)12-58-34(18)44-53-27(16-72-44)41-50-24(13-69-41)32-21(9-10-22(48-32)40-54-28(17-70-40)45(65)67-3)39-51-25(14-68-39)36(62)49-23(11-30(47)60)42-56-31(19(2)73-42)38(64)55-33(35(61)20-7-5-4-6-8-20)43-52-26(15-71-43)37(63)57-46(58)66/h4-10,13-18,23,29,33-35,59,61H,11-12H2,1-3H3,(H2,47,60)(H,49,62)(H,55,64)(H,57,63,66)/t18-,23-,29-,33-,34-,35+/m0/s1. The van der Waals surface area contributed by atoms with Crippen molar-refractivity contribution >= 4 is 104 Å². The van der Waals surface area contributed by atoms with Crippen LogP contribution in [0.15, 0.2) is 69.4 Å². The summed E-state index contributed by atoms with van der Waals surface area (Å²) in [5, 5.41) is 41.0. The minimum atomic E-state index is -1.38. The van der Waals surface area contributed by atoms with E-state index in [1.165, 1.54) is 51.4 Å². The Balaban J connectivity index is 1.06. The first-order valence-electron chi connectivity index (χ1n) is 21.9. The van der Waals surface area contributed by atoms with Gasteiger partial charge in [-0.3, -0.25) is 24.5 Å². The second-order valence-corrected chi connectivity index (χ2v) is 22.2. The number of rotatable bonds is 6. The zero-order valence-corrected chi connectivity index (χ0v) is 43.1. The fourth-order valence-electron chi connectivity index (χ4n) is 8.11. The van der Waals surface area contributed by atoms with Crippen LogP contribution in [0.2, 0.25) is 0 Å². The number of aryl methyl sites for hydroxylation is 1. The van der Waals surface area contributed by atoms with Gasteiger partial charge >= 0.3 is 12.0 Å². The third kappa shape index (κ3) is 9.91. The Bertz CT molecular complexity index is 3460. The monoisotopic (exact) mass is 1090 g/mol. The summed E-state index contributed by atoms with van der Waals surface area (Å²) in [5.41, 5.74) is 8.12. The molecule has 6 atom stereocenters. The van der Waals surface area contributed by atoms with E-state index in [2.05, 4.69) is 30.9 Å². The Hall–Kier alpha value is -7.11. The number of aliphatic hydroxyl groups is 2. The largest absolute Gasteiger partial charge is 0.464 e. The van der Waals surface area contributed by atoms with Gasteiger partial charge in [-0.15, -0.1) is 68.0 Å². The van der Waals surface area contributed by atoms with Gasteiger partial charge in [0.2, 0.25) is 5.91 Å². The highest BCUT2D eigenvalue weighted by Crippen LogP contribution is 2.42. The summed E-state index contributed by atoms with van der Waals surface area (Å²) in [6.07, 6.45) is -2.71. The number of esters is 1. The number of nitrogens with one attached hydrogen (secondary N) is 3. The van der Waals surface area contributed by atoms with Gasteiger partial charge in [0, 0.05) is 49.8 Å². The molecule has 372 valence electrons. The number of hydrogen-bond donors (Lipinski definition) is 6. The van der Waals surface area contributed by atoms with Crippen LogP contribution in [0.4, 0.5) is 4.79 Å². The Kier molecular flexibility index (Phi) is 13.8. The van der Waals surface area contributed by atoms with Crippen molar-refractivity contribution in [3.8, 4) is 43.4 Å². The minimum Gasteiger partial charge on any atom is -0.464 e. The quantitative estimate of drug-likeness (QED) is 0.0988. The first-order chi connectivity index (χ1) is 35.1. The third-order valence-electron chi connectivity index (χ3n) is 11.8. The molecule has 2 aliphatic rings. The number of methoxy groups -OCH3 is 1. The number of primary amides is 1. The van der Waals surface area contributed by atoms with Crippen molar-refractivity contribution in [2.24, 2.45) is 11.7 Å². The number of carbonyl (C=O) groups excluding carboxylic acids is 6. The molecule has 1 fully saturated rings. The SMILES string of the molecule is COC(=O)c1csc(-c2ccc3c(n2)-c2csc(n2)-c2csc(n2)[C@@H]2[C@@H](C)[C@@H](O)CN2C(=O)NC(=O)c2csc(n2)[C@H]([C@H](O)c2ccccc2)NC(=O)c2nc(sc2C)[C@H](CC(N)=O)NC(=O)c2csc-3n2)n1. The van der Waals surface area contributed by atoms with Crippen molar-refractivity contribution in [3.63, 3.8) is 0 Å². The van der Waals surface area contributed by atoms with Gasteiger partial charge in [0.1, 0.15) is 76.4 Å². The van der Waals surface area contributed by atoms with Crippen molar-refractivity contribution in [3.05, 3.63) is 118 Å². The highest BCUT2D eigenvalue weighted by molar-refractivity contribution is 7.15.